The van der Waals surface area contributed by atoms with Gasteiger partial charge in [-0.05, 0) is 34.7 Å². The van der Waals surface area contributed by atoms with Gasteiger partial charge in [0.1, 0.15) is 5.69 Å². The Hall–Kier alpha value is -4.12. The molecule has 0 radical (unpaired) electrons. The highest BCUT2D eigenvalue weighted by atomic mass is 16.1. The van der Waals surface area contributed by atoms with Crippen molar-refractivity contribution in [2.75, 3.05) is 0 Å². The van der Waals surface area contributed by atoms with E-state index in [2.05, 4.69) is 53.4 Å². The molecule has 0 saturated heterocycles. The lowest BCUT2D eigenvalue weighted by Gasteiger charge is -2.12. The van der Waals surface area contributed by atoms with Crippen LogP contribution in [0.1, 0.15) is 35.3 Å². The van der Waals surface area contributed by atoms with E-state index in [1.807, 2.05) is 49.9 Å². The second-order valence-corrected chi connectivity index (χ2v) is 8.37. The van der Waals surface area contributed by atoms with Crippen LogP contribution >= 0.6 is 0 Å². The summed E-state index contributed by atoms with van der Waals surface area (Å²) in [5.41, 5.74) is 6.52. The van der Waals surface area contributed by atoms with Crippen LogP contribution in [0.15, 0.2) is 91.5 Å². The standard InChI is InChI=1S/C28H24N4O/c1-19(20-6-4-3-5-7-20)14-27(33)26-13-12-23-15-29-17-25(28(23)31-26)22-10-8-21(9-11-22)24-16-30-32(2)18-24/h3-13,15-19H,14H2,1-2H3/t19-/m0/s1. The normalized spacial score (nSPS) is 12.1. The van der Waals surface area contributed by atoms with Gasteiger partial charge in [0, 0.05) is 48.6 Å². The fraction of sp³-hybridized carbons (Fsp3) is 0.143. The number of hydrogen-bond acceptors (Lipinski definition) is 4. The van der Waals surface area contributed by atoms with Gasteiger partial charge in [0.25, 0.3) is 0 Å². The molecule has 5 heteroatoms. The Bertz CT molecular complexity index is 1420. The van der Waals surface area contributed by atoms with Gasteiger partial charge in [-0.3, -0.25) is 14.5 Å². The number of Topliss-reactive ketones (excluding diaryl/α,β-unsaturated/α-hetero) is 1. The highest BCUT2D eigenvalue weighted by Gasteiger charge is 2.16. The summed E-state index contributed by atoms with van der Waals surface area (Å²) in [6.07, 6.45) is 7.86. The minimum atomic E-state index is 0.0444. The molecule has 5 nitrogen and oxygen atoms in total. The van der Waals surface area contributed by atoms with Crippen LogP contribution in [-0.4, -0.2) is 25.5 Å². The van der Waals surface area contributed by atoms with Crippen molar-refractivity contribution < 1.29 is 4.79 Å². The Morgan fingerprint density at radius 3 is 2.36 bits per heavy atom. The Labute approximate surface area is 192 Å². The summed E-state index contributed by atoms with van der Waals surface area (Å²) in [6, 6.07) is 22.1. The molecule has 0 aliphatic heterocycles. The van der Waals surface area contributed by atoms with Crippen molar-refractivity contribution in [3.8, 4) is 22.3 Å². The van der Waals surface area contributed by atoms with E-state index < -0.39 is 0 Å². The van der Waals surface area contributed by atoms with Crippen molar-refractivity contribution in [1.82, 2.24) is 19.7 Å². The number of benzene rings is 2. The van der Waals surface area contributed by atoms with E-state index >= 15 is 0 Å². The Morgan fingerprint density at radius 1 is 0.879 bits per heavy atom. The first-order valence-electron chi connectivity index (χ1n) is 11.0. The number of fused-ring (bicyclic) bond motifs is 1. The SMILES string of the molecule is C[C@@H](CC(=O)c1ccc2cncc(-c3ccc(-c4cnn(C)c4)cc3)c2n1)c1ccccc1. The van der Waals surface area contributed by atoms with Gasteiger partial charge in [-0.25, -0.2) is 4.98 Å². The van der Waals surface area contributed by atoms with Crippen LogP contribution < -0.4 is 0 Å². The topological polar surface area (TPSA) is 60.7 Å². The number of aromatic nitrogens is 4. The van der Waals surface area contributed by atoms with E-state index in [4.69, 9.17) is 4.98 Å². The van der Waals surface area contributed by atoms with Crippen molar-refractivity contribution >= 4 is 16.7 Å². The predicted octanol–water partition coefficient (Wildman–Crippen LogP) is 6.07. The number of pyridine rings is 2. The first kappa shape index (κ1) is 20.8. The van der Waals surface area contributed by atoms with Crippen LogP contribution in [0.3, 0.4) is 0 Å². The lowest BCUT2D eigenvalue weighted by Crippen LogP contribution is -2.07. The molecule has 0 spiro atoms. The molecule has 5 rings (SSSR count). The Balaban J connectivity index is 1.45. The second kappa shape index (κ2) is 8.79. The third-order valence-corrected chi connectivity index (χ3v) is 5.98. The first-order valence-corrected chi connectivity index (χ1v) is 11.0. The zero-order valence-electron chi connectivity index (χ0n) is 18.6. The lowest BCUT2D eigenvalue weighted by molar-refractivity contribution is 0.0971. The van der Waals surface area contributed by atoms with Gasteiger partial charge in [0.2, 0.25) is 0 Å². The van der Waals surface area contributed by atoms with Gasteiger partial charge >= 0.3 is 0 Å². The van der Waals surface area contributed by atoms with E-state index in [1.165, 1.54) is 0 Å². The van der Waals surface area contributed by atoms with E-state index in [0.29, 0.717) is 12.1 Å². The Kier molecular flexibility index (Phi) is 5.53. The van der Waals surface area contributed by atoms with Gasteiger partial charge in [-0.1, -0.05) is 61.5 Å². The third-order valence-electron chi connectivity index (χ3n) is 5.98. The van der Waals surface area contributed by atoms with Crippen molar-refractivity contribution in [1.29, 1.82) is 0 Å². The van der Waals surface area contributed by atoms with Crippen molar-refractivity contribution in [3.63, 3.8) is 0 Å². The van der Waals surface area contributed by atoms with Crippen LogP contribution in [0.4, 0.5) is 0 Å². The second-order valence-electron chi connectivity index (χ2n) is 8.37. The van der Waals surface area contributed by atoms with E-state index in [1.54, 1.807) is 16.9 Å². The quantitative estimate of drug-likeness (QED) is 0.305. The van der Waals surface area contributed by atoms with Crippen molar-refractivity contribution in [3.05, 3.63) is 103 Å². The summed E-state index contributed by atoms with van der Waals surface area (Å²) in [5, 5.41) is 5.16. The zero-order valence-corrected chi connectivity index (χ0v) is 18.6. The largest absolute Gasteiger partial charge is 0.292 e. The molecule has 3 aromatic heterocycles. The molecule has 33 heavy (non-hydrogen) atoms. The van der Waals surface area contributed by atoms with Gasteiger partial charge in [0.05, 0.1) is 11.7 Å². The molecule has 0 saturated carbocycles. The summed E-state index contributed by atoms with van der Waals surface area (Å²) in [6.45, 7) is 2.08. The first-order chi connectivity index (χ1) is 16.1. The number of nitrogens with zero attached hydrogens (tertiary/aromatic N) is 4. The monoisotopic (exact) mass is 432 g/mol. The van der Waals surface area contributed by atoms with Gasteiger partial charge in [0.15, 0.2) is 5.78 Å². The highest BCUT2D eigenvalue weighted by Crippen LogP contribution is 2.29. The van der Waals surface area contributed by atoms with Crippen molar-refractivity contribution in [2.45, 2.75) is 19.3 Å². The molecule has 0 bridgehead atoms. The molecule has 162 valence electrons. The maximum atomic E-state index is 13.0. The van der Waals surface area contributed by atoms with Gasteiger partial charge in [-0.2, -0.15) is 5.10 Å². The van der Waals surface area contributed by atoms with Crippen molar-refractivity contribution in [2.24, 2.45) is 7.05 Å². The number of carbonyl (C=O) groups excluding carboxylic acids is 1. The summed E-state index contributed by atoms with van der Waals surface area (Å²) in [7, 11) is 1.91. The molecule has 3 heterocycles. The van der Waals surface area contributed by atoms with E-state index in [9.17, 15) is 4.79 Å². The molecule has 0 aliphatic rings. The minimum Gasteiger partial charge on any atom is -0.292 e. The molecule has 2 aromatic carbocycles. The highest BCUT2D eigenvalue weighted by molar-refractivity contribution is 5.99. The van der Waals surface area contributed by atoms with Crippen LogP contribution in [0, 0.1) is 0 Å². The third kappa shape index (κ3) is 4.30. The van der Waals surface area contributed by atoms with Crippen LogP contribution in [0.2, 0.25) is 0 Å². The van der Waals surface area contributed by atoms with Crippen LogP contribution in [0.25, 0.3) is 33.2 Å². The van der Waals surface area contributed by atoms with Gasteiger partial charge in [-0.15, -0.1) is 0 Å². The molecule has 0 N–H and O–H groups in total. The molecular formula is C28H24N4O. The summed E-state index contributed by atoms with van der Waals surface area (Å²) in [4.78, 5) is 22.2. The summed E-state index contributed by atoms with van der Waals surface area (Å²) >= 11 is 0. The molecule has 1 atom stereocenters. The molecule has 0 fully saturated rings. The molecule has 5 aromatic rings. The average molecular weight is 433 g/mol. The number of hydrogen-bond donors (Lipinski definition) is 0. The number of ketones is 1. The molecular weight excluding hydrogens is 408 g/mol. The number of rotatable bonds is 6. The zero-order chi connectivity index (χ0) is 22.8. The minimum absolute atomic E-state index is 0.0444. The lowest BCUT2D eigenvalue weighted by atomic mass is 9.94. The summed E-state index contributed by atoms with van der Waals surface area (Å²) in [5.74, 6) is 0.177. The molecule has 0 aliphatic carbocycles. The van der Waals surface area contributed by atoms with E-state index in [-0.39, 0.29) is 11.7 Å². The fourth-order valence-electron chi connectivity index (χ4n) is 4.10. The molecule has 0 unspecified atom stereocenters. The Morgan fingerprint density at radius 2 is 1.64 bits per heavy atom. The van der Waals surface area contributed by atoms with Crippen LogP contribution in [0.5, 0.6) is 0 Å². The van der Waals surface area contributed by atoms with Crippen LogP contribution in [-0.2, 0) is 7.05 Å². The summed E-state index contributed by atoms with van der Waals surface area (Å²) < 4.78 is 1.79. The van der Waals surface area contributed by atoms with E-state index in [0.717, 1.165) is 38.7 Å². The fourth-order valence-corrected chi connectivity index (χ4v) is 4.10. The predicted molar refractivity (Wildman–Crippen MR) is 131 cm³/mol. The maximum Gasteiger partial charge on any atom is 0.181 e. The maximum absolute atomic E-state index is 13.0. The molecule has 0 amide bonds. The smallest absolute Gasteiger partial charge is 0.181 e. The average Bonchev–Trinajstić information content (AvgIpc) is 3.30. The number of carbonyl (C=O) groups is 1. The number of aryl methyl sites for hydroxylation is 1. The van der Waals surface area contributed by atoms with Gasteiger partial charge < -0.3 is 0 Å².